The van der Waals surface area contributed by atoms with Crippen molar-refractivity contribution in [3.05, 3.63) is 176 Å². The number of anilines is 2. The zero-order valence-corrected chi connectivity index (χ0v) is 40.0. The zero-order chi connectivity index (χ0) is 49.5. The lowest BCUT2D eigenvalue weighted by Crippen LogP contribution is -2.38. The summed E-state index contributed by atoms with van der Waals surface area (Å²) < 4.78 is 14.0. The first kappa shape index (κ1) is 47.9. The van der Waals surface area contributed by atoms with Gasteiger partial charge in [-0.05, 0) is 170 Å². The fourth-order valence-corrected chi connectivity index (χ4v) is 10.7. The van der Waals surface area contributed by atoms with Crippen LogP contribution < -0.4 is 33.5 Å². The molecule has 2 unspecified atom stereocenters. The summed E-state index contributed by atoms with van der Waals surface area (Å²) in [5.41, 5.74) is 36.8. The number of nitrogens with two attached hydrogens (primary N) is 4. The predicted octanol–water partition coefficient (Wildman–Crippen LogP) is 6.57. The van der Waals surface area contributed by atoms with E-state index in [1.807, 2.05) is 50.2 Å². The van der Waals surface area contributed by atoms with Gasteiger partial charge in [0.2, 0.25) is 11.8 Å². The third-order valence-corrected chi connectivity index (χ3v) is 13.7. The standard InChI is InChI=1S/C53H59FN12O4/c1-29(2)48-60-50(64-62-48)52(26-30(3)55)42-18-12-37(46(57)67)22-33(42)6-8-35-24-40(16-20-44(35)52)66(70-28-59-69-5)41-17-21-45-36(25-41)9-7-34-23-38(47(58)68)13-19-43(34)53(45,27-31(4)56)51-61-49(63-65-51)32-10-14-39(54)15-11-32/h10-25,29-31,59H,6-9,26-28,55-56H2,1-5H3,(H2,57,67)(H2,58,68)(H,60,62,64)(H,61,63,65)/t30-,31-,52?,53?/m1/s1. The number of fused-ring (bicyclic) bond motifs is 4. The molecule has 0 aliphatic heterocycles. The summed E-state index contributed by atoms with van der Waals surface area (Å²) in [7, 11) is 1.52. The van der Waals surface area contributed by atoms with Crippen molar-refractivity contribution in [2.45, 2.75) is 95.1 Å². The Morgan fingerprint density at radius 2 is 1.19 bits per heavy atom. The average molecular weight is 947 g/mol. The second kappa shape index (κ2) is 19.3. The van der Waals surface area contributed by atoms with Crippen LogP contribution in [0.4, 0.5) is 15.8 Å². The number of primary amides is 2. The van der Waals surface area contributed by atoms with Crippen molar-refractivity contribution in [1.29, 1.82) is 0 Å². The molecule has 0 spiro atoms. The Kier molecular flexibility index (Phi) is 13.2. The summed E-state index contributed by atoms with van der Waals surface area (Å²) in [6.07, 6.45) is 3.24. The monoisotopic (exact) mass is 946 g/mol. The van der Waals surface area contributed by atoms with Crippen molar-refractivity contribution in [3.8, 4) is 11.4 Å². The molecular weight excluding hydrogens is 888 g/mol. The van der Waals surface area contributed by atoms with Crippen LogP contribution in [0.5, 0.6) is 0 Å². The summed E-state index contributed by atoms with van der Waals surface area (Å²) in [6, 6.07) is 29.1. The van der Waals surface area contributed by atoms with Gasteiger partial charge in [0.1, 0.15) is 24.2 Å². The molecular formula is C53H59FN12O4. The van der Waals surface area contributed by atoms with Crippen LogP contribution in [0.25, 0.3) is 11.4 Å². The molecule has 0 saturated carbocycles. The number of H-pyrrole nitrogens is 2. The minimum atomic E-state index is -0.981. The van der Waals surface area contributed by atoms with Gasteiger partial charge >= 0.3 is 0 Å². The number of nitrogens with zero attached hydrogens (tertiary/aromatic N) is 5. The maximum atomic E-state index is 14.0. The molecule has 2 heterocycles. The predicted molar refractivity (Wildman–Crippen MR) is 264 cm³/mol. The molecule has 0 saturated heterocycles. The summed E-state index contributed by atoms with van der Waals surface area (Å²) in [6.45, 7) is 8.06. The van der Waals surface area contributed by atoms with E-state index in [0.717, 1.165) is 61.7 Å². The van der Waals surface area contributed by atoms with Crippen LogP contribution in [0, 0.1) is 5.82 Å². The van der Waals surface area contributed by atoms with Crippen LogP contribution in [0.15, 0.2) is 97.1 Å². The number of amides is 2. The third kappa shape index (κ3) is 8.75. The summed E-state index contributed by atoms with van der Waals surface area (Å²) in [4.78, 5) is 47.2. The topological polar surface area (TPSA) is 255 Å². The molecule has 4 atom stereocenters. The molecule has 2 aliphatic carbocycles. The lowest BCUT2D eigenvalue weighted by Gasteiger charge is -2.37. The number of nitrogens with one attached hydrogen (secondary N) is 3. The second-order valence-corrected chi connectivity index (χ2v) is 19.0. The van der Waals surface area contributed by atoms with E-state index in [-0.39, 0.29) is 30.5 Å². The minimum Gasteiger partial charge on any atom is -0.366 e. The molecule has 70 heavy (non-hydrogen) atoms. The number of aryl methyl sites for hydroxylation is 4. The van der Waals surface area contributed by atoms with E-state index in [1.54, 1.807) is 29.3 Å². The number of hydrogen-bond donors (Lipinski definition) is 7. The molecule has 16 nitrogen and oxygen atoms in total. The molecule has 17 heteroatoms. The number of carbonyl (C=O) groups excluding carboxylic acids is 2. The smallest absolute Gasteiger partial charge is 0.248 e. The van der Waals surface area contributed by atoms with E-state index in [1.165, 1.54) is 19.2 Å². The molecule has 7 aromatic rings. The lowest BCUT2D eigenvalue weighted by atomic mass is 9.68. The molecule has 362 valence electrons. The minimum absolute atomic E-state index is 0.00398. The maximum Gasteiger partial charge on any atom is 0.248 e. The Bertz CT molecular complexity index is 3080. The van der Waals surface area contributed by atoms with Gasteiger partial charge in [0, 0.05) is 34.7 Å². The lowest BCUT2D eigenvalue weighted by molar-refractivity contribution is -0.00713. The van der Waals surface area contributed by atoms with Gasteiger partial charge in [0.25, 0.3) is 0 Å². The SMILES string of the molecule is CONCON(c1ccc2c(c1)CCc1cc(C(N)=O)ccc1C2(C[C@@H](C)N)c1n[nH]c(C(C)C)n1)c1ccc2c(c1)CCc1cc(C(N)=O)ccc1C2(C[C@@H](C)N)c1nc(-c2ccc(F)cc2)n[nH]1. The van der Waals surface area contributed by atoms with Gasteiger partial charge in [-0.3, -0.25) is 24.6 Å². The molecule has 0 bridgehead atoms. The molecule has 2 aliphatic rings. The molecule has 9 rings (SSSR count). The normalized spacial score (nSPS) is 18.2. The summed E-state index contributed by atoms with van der Waals surface area (Å²) in [5, 5.41) is 17.8. The largest absolute Gasteiger partial charge is 0.366 e. The van der Waals surface area contributed by atoms with Crippen molar-refractivity contribution in [2.75, 3.05) is 18.9 Å². The first-order valence-electron chi connectivity index (χ1n) is 23.6. The fourth-order valence-electron chi connectivity index (χ4n) is 10.7. The van der Waals surface area contributed by atoms with Gasteiger partial charge in [0.05, 0.1) is 29.3 Å². The maximum absolute atomic E-state index is 14.0. The molecule has 2 aromatic heterocycles. The average Bonchev–Trinajstić information content (AvgIpc) is 4.00. The van der Waals surface area contributed by atoms with E-state index >= 15 is 0 Å². The van der Waals surface area contributed by atoms with E-state index in [2.05, 4.69) is 58.9 Å². The Hall–Kier alpha value is -7.15. The Morgan fingerprint density at radius 1 is 0.686 bits per heavy atom. The van der Waals surface area contributed by atoms with Crippen molar-refractivity contribution < 1.29 is 23.7 Å². The van der Waals surface area contributed by atoms with Crippen LogP contribution in [0.3, 0.4) is 0 Å². The number of aromatic nitrogens is 6. The van der Waals surface area contributed by atoms with Crippen molar-refractivity contribution >= 4 is 23.2 Å². The third-order valence-electron chi connectivity index (χ3n) is 13.7. The first-order chi connectivity index (χ1) is 33.6. The zero-order valence-electron chi connectivity index (χ0n) is 40.0. The molecule has 5 aromatic carbocycles. The van der Waals surface area contributed by atoms with Crippen LogP contribution in [-0.4, -0.2) is 68.1 Å². The van der Waals surface area contributed by atoms with Gasteiger partial charge in [0.15, 0.2) is 11.6 Å². The van der Waals surface area contributed by atoms with Crippen molar-refractivity contribution in [3.63, 3.8) is 0 Å². The van der Waals surface area contributed by atoms with E-state index < -0.39 is 22.6 Å². The Morgan fingerprint density at radius 3 is 1.67 bits per heavy atom. The fraction of sp³-hybridized carbons (Fsp3) is 0.321. The van der Waals surface area contributed by atoms with Crippen LogP contribution in [0.1, 0.15) is 129 Å². The quantitative estimate of drug-likeness (QED) is 0.0309. The number of carbonyl (C=O) groups is 2. The highest BCUT2D eigenvalue weighted by atomic mass is 19.1. The molecule has 0 radical (unpaired) electrons. The van der Waals surface area contributed by atoms with Crippen molar-refractivity contribution in [1.82, 2.24) is 35.8 Å². The Balaban J connectivity index is 1.21. The van der Waals surface area contributed by atoms with E-state index in [0.29, 0.717) is 72.7 Å². The van der Waals surface area contributed by atoms with E-state index in [4.69, 9.17) is 47.7 Å². The summed E-state index contributed by atoms with van der Waals surface area (Å²) in [5.74, 6) is 0.972. The molecule has 2 amide bonds. The second-order valence-electron chi connectivity index (χ2n) is 19.0. The number of hydroxylamine groups is 1. The Labute approximate surface area is 405 Å². The number of aromatic amines is 2. The van der Waals surface area contributed by atoms with Crippen LogP contribution in [0.2, 0.25) is 0 Å². The number of rotatable bonds is 16. The highest BCUT2D eigenvalue weighted by Crippen LogP contribution is 2.50. The number of hydrogen-bond acceptors (Lipinski definition) is 12. The van der Waals surface area contributed by atoms with Gasteiger partial charge in [-0.2, -0.15) is 15.7 Å². The highest BCUT2D eigenvalue weighted by molar-refractivity contribution is 5.93. The van der Waals surface area contributed by atoms with Crippen molar-refractivity contribution in [2.24, 2.45) is 22.9 Å². The van der Waals surface area contributed by atoms with Gasteiger partial charge in [-0.25, -0.2) is 19.4 Å². The molecule has 11 N–H and O–H groups in total. The number of halogens is 1. The highest BCUT2D eigenvalue weighted by Gasteiger charge is 2.47. The summed E-state index contributed by atoms with van der Waals surface area (Å²) >= 11 is 0. The molecule has 0 fully saturated rings. The van der Waals surface area contributed by atoms with Crippen LogP contribution in [-0.2, 0) is 46.2 Å². The van der Waals surface area contributed by atoms with Gasteiger partial charge in [-0.15, -0.1) is 0 Å². The van der Waals surface area contributed by atoms with Gasteiger partial charge in [-0.1, -0.05) is 38.1 Å². The number of benzene rings is 5. The van der Waals surface area contributed by atoms with E-state index in [9.17, 15) is 14.0 Å². The first-order valence-corrected chi connectivity index (χ1v) is 23.6. The van der Waals surface area contributed by atoms with Crippen LogP contribution >= 0.6 is 0 Å². The van der Waals surface area contributed by atoms with Gasteiger partial charge < -0.3 is 27.8 Å².